The van der Waals surface area contributed by atoms with Gasteiger partial charge in [-0.15, -0.1) is 0 Å². The molecule has 0 saturated heterocycles. The van der Waals surface area contributed by atoms with Gasteiger partial charge in [0.25, 0.3) is 0 Å². The van der Waals surface area contributed by atoms with Gasteiger partial charge in [-0.3, -0.25) is 4.98 Å². The van der Waals surface area contributed by atoms with Crippen LogP contribution in [0.3, 0.4) is 0 Å². The first-order valence-electron chi connectivity index (χ1n) is 6.57. The highest BCUT2D eigenvalue weighted by atomic mass is 16.3. The zero-order valence-corrected chi connectivity index (χ0v) is 10.6. The lowest BCUT2D eigenvalue weighted by molar-refractivity contribution is 0.487. The Balaban J connectivity index is 1.93. The third kappa shape index (κ3) is 1.75. The molecule has 0 radical (unpaired) electrons. The fraction of sp³-hybridized carbons (Fsp3) is 0.400. The van der Waals surface area contributed by atoms with Gasteiger partial charge in [-0.1, -0.05) is 13.0 Å². The van der Waals surface area contributed by atoms with Crippen LogP contribution in [0.1, 0.15) is 47.9 Å². The van der Waals surface area contributed by atoms with Crippen molar-refractivity contribution in [2.24, 2.45) is 5.73 Å². The predicted octanol–water partition coefficient (Wildman–Crippen LogP) is 2.97. The van der Waals surface area contributed by atoms with E-state index in [0.29, 0.717) is 5.92 Å². The zero-order valence-electron chi connectivity index (χ0n) is 10.6. The van der Waals surface area contributed by atoms with Crippen LogP contribution in [0.5, 0.6) is 0 Å². The fourth-order valence-electron chi connectivity index (χ4n) is 2.95. The summed E-state index contributed by atoms with van der Waals surface area (Å²) in [6.45, 7) is 2.09. The van der Waals surface area contributed by atoms with Crippen LogP contribution in [0.15, 0.2) is 35.1 Å². The number of fused-ring (bicyclic) bond motifs is 1. The standard InChI is InChI=1S/C15H18N2O/c1-2-13-11(7-9-18-13)14(16)12-6-5-10-4-3-8-17-15(10)12/h3-4,7-9,12,14H,2,5-6,16H2,1H3. The fourth-order valence-corrected chi connectivity index (χ4v) is 2.95. The van der Waals surface area contributed by atoms with Crippen LogP contribution in [-0.4, -0.2) is 4.98 Å². The van der Waals surface area contributed by atoms with Crippen molar-refractivity contribution in [1.82, 2.24) is 4.98 Å². The summed E-state index contributed by atoms with van der Waals surface area (Å²) in [7, 11) is 0. The number of pyridine rings is 1. The topological polar surface area (TPSA) is 52.0 Å². The molecule has 0 saturated carbocycles. The summed E-state index contributed by atoms with van der Waals surface area (Å²) in [6.07, 6.45) is 6.66. The number of aromatic nitrogens is 1. The van der Waals surface area contributed by atoms with E-state index >= 15 is 0 Å². The number of rotatable bonds is 3. The Morgan fingerprint density at radius 3 is 3.22 bits per heavy atom. The molecule has 2 aromatic heterocycles. The Hall–Kier alpha value is -1.61. The second kappa shape index (κ2) is 4.58. The number of furan rings is 1. The highest BCUT2D eigenvalue weighted by Crippen LogP contribution is 2.40. The van der Waals surface area contributed by atoms with E-state index in [1.165, 1.54) is 11.3 Å². The number of nitrogens with zero attached hydrogens (tertiary/aromatic N) is 1. The molecule has 18 heavy (non-hydrogen) atoms. The number of aryl methyl sites for hydroxylation is 2. The van der Waals surface area contributed by atoms with Gasteiger partial charge in [-0.2, -0.15) is 0 Å². The number of hydrogen-bond acceptors (Lipinski definition) is 3. The maximum atomic E-state index is 6.44. The molecule has 3 heteroatoms. The quantitative estimate of drug-likeness (QED) is 0.900. The van der Waals surface area contributed by atoms with Crippen molar-refractivity contribution in [3.8, 4) is 0 Å². The molecular formula is C15H18N2O. The average Bonchev–Trinajstić information content (AvgIpc) is 3.04. The minimum Gasteiger partial charge on any atom is -0.469 e. The number of hydrogen-bond donors (Lipinski definition) is 1. The van der Waals surface area contributed by atoms with Gasteiger partial charge < -0.3 is 10.2 Å². The van der Waals surface area contributed by atoms with Crippen molar-refractivity contribution >= 4 is 0 Å². The molecule has 0 aromatic carbocycles. The van der Waals surface area contributed by atoms with Gasteiger partial charge >= 0.3 is 0 Å². The smallest absolute Gasteiger partial charge is 0.108 e. The van der Waals surface area contributed by atoms with Crippen LogP contribution in [0, 0.1) is 0 Å². The Morgan fingerprint density at radius 1 is 1.50 bits per heavy atom. The van der Waals surface area contributed by atoms with Crippen LogP contribution in [0.25, 0.3) is 0 Å². The van der Waals surface area contributed by atoms with Gasteiger partial charge in [0.1, 0.15) is 5.76 Å². The third-order valence-electron chi connectivity index (χ3n) is 3.90. The second-order valence-corrected chi connectivity index (χ2v) is 4.87. The summed E-state index contributed by atoms with van der Waals surface area (Å²) in [5.74, 6) is 1.33. The molecule has 0 bridgehead atoms. The van der Waals surface area contributed by atoms with Crippen LogP contribution in [0.2, 0.25) is 0 Å². The Kier molecular flexibility index (Phi) is 2.92. The van der Waals surface area contributed by atoms with E-state index in [2.05, 4.69) is 18.0 Å². The number of nitrogens with two attached hydrogens (primary N) is 1. The van der Waals surface area contributed by atoms with Gasteiger partial charge in [-0.25, -0.2) is 0 Å². The van der Waals surface area contributed by atoms with Crippen molar-refractivity contribution in [2.45, 2.75) is 38.1 Å². The molecule has 0 aliphatic heterocycles. The highest BCUT2D eigenvalue weighted by Gasteiger charge is 2.31. The minimum absolute atomic E-state index is 0.00477. The molecule has 2 aromatic rings. The molecule has 0 amide bonds. The molecule has 1 aliphatic carbocycles. The van der Waals surface area contributed by atoms with Crippen molar-refractivity contribution in [3.05, 3.63) is 53.2 Å². The van der Waals surface area contributed by atoms with Crippen molar-refractivity contribution in [3.63, 3.8) is 0 Å². The molecular weight excluding hydrogens is 224 g/mol. The lowest BCUT2D eigenvalue weighted by Gasteiger charge is -2.19. The van der Waals surface area contributed by atoms with Crippen LogP contribution < -0.4 is 5.73 Å². The summed E-state index contributed by atoms with van der Waals surface area (Å²) < 4.78 is 5.48. The van der Waals surface area contributed by atoms with Crippen LogP contribution >= 0.6 is 0 Å². The SMILES string of the molecule is CCc1occc1C(N)C1CCc2cccnc21. The Bertz CT molecular complexity index is 547. The summed E-state index contributed by atoms with van der Waals surface area (Å²) in [6, 6.07) is 6.16. The van der Waals surface area contributed by atoms with Crippen molar-refractivity contribution < 1.29 is 4.42 Å². The summed E-state index contributed by atoms with van der Waals surface area (Å²) in [5, 5.41) is 0. The zero-order chi connectivity index (χ0) is 12.5. The van der Waals surface area contributed by atoms with Gasteiger partial charge in [0.05, 0.1) is 6.26 Å². The minimum atomic E-state index is -0.00477. The Morgan fingerprint density at radius 2 is 2.39 bits per heavy atom. The molecule has 1 aliphatic rings. The summed E-state index contributed by atoms with van der Waals surface area (Å²) in [4.78, 5) is 4.52. The van der Waals surface area contributed by atoms with Gasteiger partial charge in [-0.05, 0) is 30.5 Å². The maximum absolute atomic E-state index is 6.44. The lowest BCUT2D eigenvalue weighted by atomic mass is 9.91. The first-order valence-corrected chi connectivity index (χ1v) is 6.57. The van der Waals surface area contributed by atoms with E-state index in [4.69, 9.17) is 10.2 Å². The van der Waals surface area contributed by atoms with Gasteiger partial charge in [0, 0.05) is 35.8 Å². The normalized spacial score (nSPS) is 19.8. The van der Waals surface area contributed by atoms with Crippen molar-refractivity contribution in [2.75, 3.05) is 0 Å². The molecule has 3 rings (SSSR count). The summed E-state index contributed by atoms with van der Waals surface area (Å²) in [5.41, 5.74) is 10.1. The third-order valence-corrected chi connectivity index (χ3v) is 3.90. The molecule has 2 unspecified atom stereocenters. The van der Waals surface area contributed by atoms with Crippen LogP contribution in [0.4, 0.5) is 0 Å². The lowest BCUT2D eigenvalue weighted by Crippen LogP contribution is -2.19. The van der Waals surface area contributed by atoms with E-state index in [0.717, 1.165) is 30.6 Å². The van der Waals surface area contributed by atoms with Crippen LogP contribution in [-0.2, 0) is 12.8 Å². The second-order valence-electron chi connectivity index (χ2n) is 4.87. The van der Waals surface area contributed by atoms with Gasteiger partial charge in [0.15, 0.2) is 0 Å². The van der Waals surface area contributed by atoms with E-state index in [-0.39, 0.29) is 6.04 Å². The monoisotopic (exact) mass is 242 g/mol. The largest absolute Gasteiger partial charge is 0.469 e. The van der Waals surface area contributed by atoms with Gasteiger partial charge in [0.2, 0.25) is 0 Å². The van der Waals surface area contributed by atoms with Crippen molar-refractivity contribution in [1.29, 1.82) is 0 Å². The molecule has 2 heterocycles. The molecule has 2 atom stereocenters. The first kappa shape index (κ1) is 11.5. The maximum Gasteiger partial charge on any atom is 0.108 e. The molecule has 2 N–H and O–H groups in total. The Labute approximate surface area is 107 Å². The van der Waals surface area contributed by atoms with E-state index < -0.39 is 0 Å². The molecule has 94 valence electrons. The van der Waals surface area contributed by atoms with E-state index in [1.807, 2.05) is 18.3 Å². The first-order chi connectivity index (χ1) is 8.81. The molecule has 3 nitrogen and oxygen atoms in total. The molecule has 0 fully saturated rings. The van der Waals surface area contributed by atoms with E-state index in [9.17, 15) is 0 Å². The highest BCUT2D eigenvalue weighted by molar-refractivity contribution is 5.34. The summed E-state index contributed by atoms with van der Waals surface area (Å²) >= 11 is 0. The average molecular weight is 242 g/mol. The van der Waals surface area contributed by atoms with E-state index in [1.54, 1.807) is 6.26 Å². The predicted molar refractivity (Wildman–Crippen MR) is 70.3 cm³/mol. The molecule has 0 spiro atoms.